The summed E-state index contributed by atoms with van der Waals surface area (Å²) < 4.78 is 11.0. The van der Waals surface area contributed by atoms with Crippen LogP contribution in [0.25, 0.3) is 0 Å². The Kier molecular flexibility index (Phi) is 8.71. The van der Waals surface area contributed by atoms with E-state index in [0.717, 1.165) is 5.56 Å². The Morgan fingerprint density at radius 1 is 1.00 bits per heavy atom. The average molecular weight is 440 g/mol. The van der Waals surface area contributed by atoms with Crippen LogP contribution in [0.1, 0.15) is 49.7 Å². The molecule has 0 atom stereocenters. The molecule has 1 fully saturated rings. The lowest BCUT2D eigenvalue weighted by Gasteiger charge is -2.12. The summed E-state index contributed by atoms with van der Waals surface area (Å²) in [5.74, 6) is -1.83. The molecule has 1 heterocycles. The van der Waals surface area contributed by atoms with Crippen LogP contribution in [-0.4, -0.2) is 45.1 Å². The minimum absolute atomic E-state index is 0.0589. The first-order chi connectivity index (χ1) is 14.1. The van der Waals surface area contributed by atoms with Crippen LogP contribution in [-0.2, 0) is 41.2 Å². The minimum Gasteiger partial charge on any atom is -0.356 e. The molecule has 0 spiro atoms. The molecule has 0 unspecified atom stereocenters. The van der Waals surface area contributed by atoms with Crippen molar-refractivity contribution in [1.82, 2.24) is 10.4 Å². The van der Waals surface area contributed by atoms with Crippen LogP contribution >= 0.6 is 7.60 Å². The normalized spacial score (nSPS) is 14.1. The number of hydrogen-bond donors (Lipinski definition) is 3. The fraction of sp³-hybridized carbons (Fsp3) is 0.474. The lowest BCUT2D eigenvalue weighted by Crippen LogP contribution is -2.32. The first kappa shape index (κ1) is 23.7. The van der Waals surface area contributed by atoms with E-state index in [1.807, 2.05) is 0 Å². The summed E-state index contributed by atoms with van der Waals surface area (Å²) in [5, 5.41) is 3.29. The monoisotopic (exact) mass is 440 g/mol. The number of nitrogens with zero attached hydrogens (tertiary/aromatic N) is 1. The highest BCUT2D eigenvalue weighted by Crippen LogP contribution is 2.38. The second-order valence-corrected chi connectivity index (χ2v) is 8.67. The molecule has 2 rings (SSSR count). The Labute approximate surface area is 173 Å². The molecule has 30 heavy (non-hydrogen) atoms. The highest BCUT2D eigenvalue weighted by molar-refractivity contribution is 7.50. The standard InChI is InChI=1S/C19H25N2O8P/c22-16(12-14-5-7-15(8-6-14)13-30(26,27)28)20-11-3-1-2-4-19(25)29-21-17(23)9-10-18(21)24/h5-8H,1-4,9-13H2,(H,20,22)(H2,26,27,28). The Balaban J connectivity index is 1.56. The Morgan fingerprint density at radius 2 is 1.60 bits per heavy atom. The van der Waals surface area contributed by atoms with Gasteiger partial charge in [0.1, 0.15) is 0 Å². The maximum Gasteiger partial charge on any atom is 0.333 e. The zero-order valence-corrected chi connectivity index (χ0v) is 17.3. The van der Waals surface area contributed by atoms with Gasteiger partial charge in [0.25, 0.3) is 11.8 Å². The Bertz CT molecular complexity index is 817. The maximum absolute atomic E-state index is 11.9. The third-order valence-corrected chi connectivity index (χ3v) is 5.13. The van der Waals surface area contributed by atoms with Gasteiger partial charge in [0, 0.05) is 25.8 Å². The van der Waals surface area contributed by atoms with Crippen molar-refractivity contribution >= 4 is 31.3 Å². The Morgan fingerprint density at radius 3 is 2.20 bits per heavy atom. The van der Waals surface area contributed by atoms with Crippen molar-refractivity contribution in [2.24, 2.45) is 0 Å². The van der Waals surface area contributed by atoms with Crippen molar-refractivity contribution < 1.29 is 38.4 Å². The summed E-state index contributed by atoms with van der Waals surface area (Å²) >= 11 is 0. The summed E-state index contributed by atoms with van der Waals surface area (Å²) in [6.07, 6.45) is 1.83. The van der Waals surface area contributed by atoms with Gasteiger partial charge in [0.05, 0.1) is 12.6 Å². The van der Waals surface area contributed by atoms with Gasteiger partial charge >= 0.3 is 13.6 Å². The molecule has 1 saturated heterocycles. The molecule has 10 nitrogen and oxygen atoms in total. The van der Waals surface area contributed by atoms with Crippen molar-refractivity contribution in [3.8, 4) is 0 Å². The van der Waals surface area contributed by atoms with Crippen LogP contribution in [0.5, 0.6) is 0 Å². The molecule has 1 aromatic rings. The van der Waals surface area contributed by atoms with E-state index in [1.54, 1.807) is 24.3 Å². The van der Waals surface area contributed by atoms with E-state index < -0.39 is 25.4 Å². The highest BCUT2D eigenvalue weighted by atomic mass is 31.2. The summed E-state index contributed by atoms with van der Waals surface area (Å²) in [6.45, 7) is 0.438. The van der Waals surface area contributed by atoms with Crippen molar-refractivity contribution in [1.29, 1.82) is 0 Å². The third kappa shape index (κ3) is 8.44. The lowest BCUT2D eigenvalue weighted by molar-refractivity contribution is -0.197. The second-order valence-electron chi connectivity index (χ2n) is 7.02. The molecule has 0 aliphatic carbocycles. The van der Waals surface area contributed by atoms with Crippen molar-refractivity contribution in [2.45, 2.75) is 51.1 Å². The van der Waals surface area contributed by atoms with Crippen LogP contribution < -0.4 is 5.32 Å². The SMILES string of the molecule is O=C(Cc1ccc(CP(=O)(O)O)cc1)NCCCCCC(=O)ON1C(=O)CCC1=O. The molecule has 0 radical (unpaired) electrons. The number of rotatable bonds is 11. The zero-order chi connectivity index (χ0) is 22.1. The van der Waals surface area contributed by atoms with Crippen LogP contribution in [0, 0.1) is 0 Å². The van der Waals surface area contributed by atoms with Crippen molar-refractivity contribution in [2.75, 3.05) is 6.54 Å². The number of carbonyl (C=O) groups excluding carboxylic acids is 4. The molecule has 3 amide bonds. The summed E-state index contributed by atoms with van der Waals surface area (Å²) in [5.41, 5.74) is 1.24. The van der Waals surface area contributed by atoms with Crippen molar-refractivity contribution in [3.05, 3.63) is 35.4 Å². The van der Waals surface area contributed by atoms with Gasteiger partial charge in [-0.05, 0) is 24.0 Å². The molecule has 1 aliphatic heterocycles. The van der Waals surface area contributed by atoms with Gasteiger partial charge in [-0.25, -0.2) is 4.79 Å². The maximum atomic E-state index is 11.9. The van der Waals surface area contributed by atoms with Crippen LogP contribution in [0.15, 0.2) is 24.3 Å². The topological polar surface area (TPSA) is 150 Å². The van der Waals surface area contributed by atoms with E-state index in [9.17, 15) is 23.7 Å². The number of imide groups is 1. The number of hydrogen-bond acceptors (Lipinski definition) is 6. The van der Waals surface area contributed by atoms with E-state index in [-0.39, 0.29) is 37.8 Å². The predicted molar refractivity (Wildman–Crippen MR) is 105 cm³/mol. The van der Waals surface area contributed by atoms with Crippen LogP contribution in [0.2, 0.25) is 0 Å². The average Bonchev–Trinajstić information content (AvgIpc) is 2.97. The minimum atomic E-state index is -4.11. The third-order valence-electron chi connectivity index (χ3n) is 4.35. The first-order valence-electron chi connectivity index (χ1n) is 9.60. The molecule has 1 aromatic carbocycles. The van der Waals surface area contributed by atoms with Gasteiger partial charge in [0.2, 0.25) is 5.91 Å². The van der Waals surface area contributed by atoms with Gasteiger partial charge in [-0.2, -0.15) is 0 Å². The van der Waals surface area contributed by atoms with Crippen molar-refractivity contribution in [3.63, 3.8) is 0 Å². The van der Waals surface area contributed by atoms with E-state index in [0.29, 0.717) is 36.4 Å². The van der Waals surface area contributed by atoms with Gasteiger partial charge in [-0.1, -0.05) is 30.7 Å². The van der Waals surface area contributed by atoms with Gasteiger partial charge < -0.3 is 19.9 Å². The van der Waals surface area contributed by atoms with Gasteiger partial charge in [-0.3, -0.25) is 18.9 Å². The Hall–Kier alpha value is -2.55. The van der Waals surface area contributed by atoms with Gasteiger partial charge in [0.15, 0.2) is 0 Å². The molecule has 1 aliphatic rings. The van der Waals surface area contributed by atoms with Crippen LogP contribution in [0.4, 0.5) is 0 Å². The van der Waals surface area contributed by atoms with E-state index in [4.69, 9.17) is 14.6 Å². The number of nitrogens with one attached hydrogen (secondary N) is 1. The molecule has 164 valence electrons. The van der Waals surface area contributed by atoms with E-state index >= 15 is 0 Å². The molecule has 11 heteroatoms. The molecule has 0 saturated carbocycles. The predicted octanol–water partition coefficient (Wildman–Crippen LogP) is 1.19. The zero-order valence-electron chi connectivity index (χ0n) is 16.4. The number of benzene rings is 1. The number of hydroxylamine groups is 2. The molecule has 0 aromatic heterocycles. The highest BCUT2D eigenvalue weighted by Gasteiger charge is 2.32. The first-order valence-corrected chi connectivity index (χ1v) is 11.4. The number of amides is 3. The largest absolute Gasteiger partial charge is 0.356 e. The van der Waals surface area contributed by atoms with E-state index in [1.165, 1.54) is 0 Å². The smallest absolute Gasteiger partial charge is 0.333 e. The lowest BCUT2D eigenvalue weighted by atomic mass is 10.1. The fourth-order valence-electron chi connectivity index (χ4n) is 2.85. The summed E-state index contributed by atoms with van der Waals surface area (Å²) in [6, 6.07) is 6.49. The molecule has 3 N–H and O–H groups in total. The number of carbonyl (C=O) groups is 4. The summed E-state index contributed by atoms with van der Waals surface area (Å²) in [7, 11) is -4.11. The van der Waals surface area contributed by atoms with Gasteiger partial charge in [-0.15, -0.1) is 5.06 Å². The summed E-state index contributed by atoms with van der Waals surface area (Å²) in [4.78, 5) is 69.0. The second kappa shape index (κ2) is 11.0. The van der Waals surface area contributed by atoms with Crippen LogP contribution in [0.3, 0.4) is 0 Å². The quantitative estimate of drug-likeness (QED) is 0.264. The number of unbranched alkanes of at least 4 members (excludes halogenated alkanes) is 2. The van der Waals surface area contributed by atoms with E-state index in [2.05, 4.69) is 5.32 Å². The molecule has 0 bridgehead atoms. The molecular formula is C19H25N2O8P. The molecular weight excluding hydrogens is 415 g/mol. The fourth-order valence-corrected chi connectivity index (χ4v) is 3.54.